The summed E-state index contributed by atoms with van der Waals surface area (Å²) in [7, 11) is 0. The molecule has 100 valence electrons. The van der Waals surface area contributed by atoms with Gasteiger partial charge in [-0.2, -0.15) is 0 Å². The van der Waals surface area contributed by atoms with Gasteiger partial charge in [0.25, 0.3) is 0 Å². The van der Waals surface area contributed by atoms with E-state index in [9.17, 15) is 0 Å². The lowest BCUT2D eigenvalue weighted by Gasteiger charge is -2.13. The van der Waals surface area contributed by atoms with Crippen LogP contribution in [0.4, 0.5) is 0 Å². The lowest BCUT2D eigenvalue weighted by Crippen LogP contribution is -2.17. The van der Waals surface area contributed by atoms with Gasteiger partial charge >= 0.3 is 0 Å². The first-order valence-corrected chi connectivity index (χ1v) is 6.96. The van der Waals surface area contributed by atoms with Crippen LogP contribution in [0.5, 0.6) is 0 Å². The minimum absolute atomic E-state index is 0.0259. The number of benzene rings is 1. The van der Waals surface area contributed by atoms with Gasteiger partial charge in [0, 0.05) is 6.04 Å². The molecule has 1 atom stereocenters. The number of nitrogens with two attached hydrogens (primary N) is 1. The van der Waals surface area contributed by atoms with Crippen molar-refractivity contribution in [3.05, 3.63) is 47.5 Å². The zero-order chi connectivity index (χ0) is 13.2. The van der Waals surface area contributed by atoms with Crippen molar-refractivity contribution >= 4 is 0 Å². The summed E-state index contributed by atoms with van der Waals surface area (Å²) in [5.41, 5.74) is 7.63. The Morgan fingerprint density at radius 3 is 2.68 bits per heavy atom. The van der Waals surface area contributed by atoms with Crippen molar-refractivity contribution in [3.63, 3.8) is 0 Å². The molecule has 0 radical (unpaired) electrons. The van der Waals surface area contributed by atoms with Crippen LogP contribution in [0.3, 0.4) is 0 Å². The standard InChI is InChI=1S/C15H20N4/c1-11-17-18-15(19(11)13-8-9-13)14(16)10-7-12-5-3-2-4-6-12/h2-6,13-14H,7-10,16H2,1H3/t14-/m0/s1. The minimum Gasteiger partial charge on any atom is -0.321 e. The zero-order valence-electron chi connectivity index (χ0n) is 11.3. The highest BCUT2D eigenvalue weighted by Gasteiger charge is 2.29. The molecule has 0 aliphatic heterocycles. The second kappa shape index (κ2) is 5.13. The normalized spacial score (nSPS) is 16.5. The average Bonchev–Trinajstić information content (AvgIpc) is 3.20. The van der Waals surface area contributed by atoms with E-state index in [1.807, 2.05) is 13.0 Å². The molecular formula is C15H20N4. The molecule has 0 unspecified atom stereocenters. The number of aromatic nitrogens is 3. The molecule has 1 aliphatic carbocycles. The fourth-order valence-electron chi connectivity index (χ4n) is 2.52. The lowest BCUT2D eigenvalue weighted by atomic mass is 10.1. The number of rotatable bonds is 5. The van der Waals surface area contributed by atoms with Gasteiger partial charge in [-0.1, -0.05) is 30.3 Å². The maximum atomic E-state index is 6.30. The van der Waals surface area contributed by atoms with Gasteiger partial charge in [0.2, 0.25) is 0 Å². The van der Waals surface area contributed by atoms with Crippen molar-refractivity contribution in [2.75, 3.05) is 0 Å². The van der Waals surface area contributed by atoms with Gasteiger partial charge in [-0.05, 0) is 38.2 Å². The SMILES string of the molecule is Cc1nnc([C@@H](N)CCc2ccccc2)n1C1CC1. The molecule has 0 saturated heterocycles. The van der Waals surface area contributed by atoms with Crippen LogP contribution in [0.25, 0.3) is 0 Å². The Kier molecular flexibility index (Phi) is 3.34. The van der Waals surface area contributed by atoms with Gasteiger partial charge in [0.05, 0.1) is 6.04 Å². The summed E-state index contributed by atoms with van der Waals surface area (Å²) in [6, 6.07) is 11.0. The Hall–Kier alpha value is -1.68. The largest absolute Gasteiger partial charge is 0.321 e. The Balaban J connectivity index is 1.69. The molecule has 1 aromatic carbocycles. The van der Waals surface area contributed by atoms with Gasteiger partial charge in [0.1, 0.15) is 11.6 Å². The first-order valence-electron chi connectivity index (χ1n) is 6.96. The maximum absolute atomic E-state index is 6.30. The molecule has 1 saturated carbocycles. The van der Waals surface area contributed by atoms with Crippen LogP contribution in [0.1, 0.15) is 48.6 Å². The highest BCUT2D eigenvalue weighted by Crippen LogP contribution is 2.37. The molecule has 2 aromatic rings. The van der Waals surface area contributed by atoms with Gasteiger partial charge < -0.3 is 10.3 Å². The summed E-state index contributed by atoms with van der Waals surface area (Å²) < 4.78 is 2.23. The predicted octanol–water partition coefficient (Wildman–Crippen LogP) is 2.55. The second-order valence-corrected chi connectivity index (χ2v) is 5.34. The third kappa shape index (κ3) is 2.68. The van der Waals surface area contributed by atoms with Crippen LogP contribution in [0.2, 0.25) is 0 Å². The van der Waals surface area contributed by atoms with E-state index in [4.69, 9.17) is 5.73 Å². The van der Waals surface area contributed by atoms with Crippen molar-refractivity contribution in [3.8, 4) is 0 Å². The van der Waals surface area contributed by atoms with Crippen molar-refractivity contribution in [2.45, 2.75) is 44.7 Å². The van der Waals surface area contributed by atoms with E-state index in [2.05, 4.69) is 39.0 Å². The summed E-state index contributed by atoms with van der Waals surface area (Å²) >= 11 is 0. The third-order valence-electron chi connectivity index (χ3n) is 3.72. The summed E-state index contributed by atoms with van der Waals surface area (Å²) in [6.07, 6.45) is 4.36. The number of hydrogen-bond donors (Lipinski definition) is 1. The van der Waals surface area contributed by atoms with E-state index >= 15 is 0 Å². The molecule has 19 heavy (non-hydrogen) atoms. The van der Waals surface area contributed by atoms with Gasteiger partial charge in [0.15, 0.2) is 0 Å². The fourth-order valence-corrected chi connectivity index (χ4v) is 2.52. The summed E-state index contributed by atoms with van der Waals surface area (Å²) in [5, 5.41) is 8.46. The molecule has 1 aliphatic rings. The number of aryl methyl sites for hydroxylation is 2. The first kappa shape index (κ1) is 12.4. The van der Waals surface area contributed by atoms with Crippen molar-refractivity contribution in [1.29, 1.82) is 0 Å². The Morgan fingerprint density at radius 1 is 1.26 bits per heavy atom. The topological polar surface area (TPSA) is 56.7 Å². The van der Waals surface area contributed by atoms with E-state index in [0.29, 0.717) is 6.04 Å². The lowest BCUT2D eigenvalue weighted by molar-refractivity contribution is 0.555. The molecule has 1 aromatic heterocycles. The Morgan fingerprint density at radius 2 is 2.00 bits per heavy atom. The minimum atomic E-state index is -0.0259. The molecule has 0 spiro atoms. The molecule has 2 N–H and O–H groups in total. The third-order valence-corrected chi connectivity index (χ3v) is 3.72. The quantitative estimate of drug-likeness (QED) is 0.894. The second-order valence-electron chi connectivity index (χ2n) is 5.34. The van der Waals surface area contributed by atoms with E-state index in [-0.39, 0.29) is 6.04 Å². The highest BCUT2D eigenvalue weighted by molar-refractivity contribution is 5.15. The van der Waals surface area contributed by atoms with E-state index in [0.717, 1.165) is 24.5 Å². The van der Waals surface area contributed by atoms with Crippen LogP contribution in [-0.2, 0) is 6.42 Å². The van der Waals surface area contributed by atoms with Crippen molar-refractivity contribution in [2.24, 2.45) is 5.73 Å². The first-order chi connectivity index (χ1) is 9.25. The van der Waals surface area contributed by atoms with Gasteiger partial charge in [-0.15, -0.1) is 10.2 Å². The molecule has 4 heteroatoms. The van der Waals surface area contributed by atoms with Crippen molar-refractivity contribution < 1.29 is 0 Å². The summed E-state index contributed by atoms with van der Waals surface area (Å²) in [6.45, 7) is 2.01. The van der Waals surface area contributed by atoms with Crippen LogP contribution in [0, 0.1) is 6.92 Å². The smallest absolute Gasteiger partial charge is 0.150 e. The Bertz CT molecular complexity index is 543. The predicted molar refractivity (Wildman–Crippen MR) is 74.7 cm³/mol. The van der Waals surface area contributed by atoms with Crippen LogP contribution < -0.4 is 5.73 Å². The van der Waals surface area contributed by atoms with Gasteiger partial charge in [-0.3, -0.25) is 0 Å². The van der Waals surface area contributed by atoms with Crippen LogP contribution in [0.15, 0.2) is 30.3 Å². The van der Waals surface area contributed by atoms with E-state index < -0.39 is 0 Å². The number of nitrogens with zero attached hydrogens (tertiary/aromatic N) is 3. The molecule has 1 fully saturated rings. The highest BCUT2D eigenvalue weighted by atomic mass is 15.3. The molecular weight excluding hydrogens is 236 g/mol. The molecule has 1 heterocycles. The van der Waals surface area contributed by atoms with E-state index in [1.165, 1.54) is 18.4 Å². The zero-order valence-corrected chi connectivity index (χ0v) is 11.3. The Labute approximate surface area is 113 Å². The summed E-state index contributed by atoms with van der Waals surface area (Å²) in [4.78, 5) is 0. The molecule has 3 rings (SSSR count). The average molecular weight is 256 g/mol. The van der Waals surface area contributed by atoms with Crippen LogP contribution in [-0.4, -0.2) is 14.8 Å². The molecule has 0 amide bonds. The van der Waals surface area contributed by atoms with E-state index in [1.54, 1.807) is 0 Å². The monoisotopic (exact) mass is 256 g/mol. The molecule has 0 bridgehead atoms. The fraction of sp³-hybridized carbons (Fsp3) is 0.467. The maximum Gasteiger partial charge on any atom is 0.150 e. The number of hydrogen-bond acceptors (Lipinski definition) is 3. The summed E-state index contributed by atoms with van der Waals surface area (Å²) in [5.74, 6) is 1.95. The van der Waals surface area contributed by atoms with Gasteiger partial charge in [-0.25, -0.2) is 0 Å². The van der Waals surface area contributed by atoms with Crippen LogP contribution >= 0.6 is 0 Å². The molecule has 4 nitrogen and oxygen atoms in total. The van der Waals surface area contributed by atoms with Crippen molar-refractivity contribution in [1.82, 2.24) is 14.8 Å².